The zero-order chi connectivity index (χ0) is 9.97. The zero-order valence-electron chi connectivity index (χ0n) is 8.01. The number of carbonyl (C=O) groups is 1. The molecule has 1 aliphatic carbocycles. The molecule has 0 bridgehead atoms. The third-order valence-corrected chi connectivity index (χ3v) is 3.67. The molecule has 1 fully saturated rings. The van der Waals surface area contributed by atoms with Crippen LogP contribution in [0, 0.1) is 0 Å². The first-order valence-electron chi connectivity index (χ1n) is 4.69. The fourth-order valence-electron chi connectivity index (χ4n) is 1.52. The zero-order valence-corrected chi connectivity index (χ0v) is 8.83. The van der Waals surface area contributed by atoms with Crippen LogP contribution in [0.5, 0.6) is 0 Å². The molecule has 0 spiro atoms. The number of Topliss-reactive ketones (excluding diaryl/α,β-unsaturated/α-hetero) is 1. The van der Waals surface area contributed by atoms with E-state index in [1.54, 1.807) is 11.7 Å². The smallest absolute Gasteiger partial charge is 0.209 e. The van der Waals surface area contributed by atoms with E-state index >= 15 is 0 Å². The van der Waals surface area contributed by atoms with Gasteiger partial charge in [-0.1, -0.05) is 18.2 Å². The number of tetrazole rings is 1. The fraction of sp³-hybridized carbons (Fsp3) is 0.750. The van der Waals surface area contributed by atoms with E-state index in [1.807, 2.05) is 0 Å². The quantitative estimate of drug-likeness (QED) is 0.726. The molecule has 0 saturated heterocycles. The van der Waals surface area contributed by atoms with E-state index in [-0.39, 0.29) is 5.25 Å². The van der Waals surface area contributed by atoms with Crippen molar-refractivity contribution in [2.24, 2.45) is 7.05 Å². The van der Waals surface area contributed by atoms with Crippen molar-refractivity contribution in [3.63, 3.8) is 0 Å². The van der Waals surface area contributed by atoms with E-state index in [4.69, 9.17) is 0 Å². The van der Waals surface area contributed by atoms with Crippen LogP contribution < -0.4 is 0 Å². The lowest BCUT2D eigenvalue weighted by Gasteiger charge is -2.18. The molecule has 0 aliphatic heterocycles. The lowest BCUT2D eigenvalue weighted by molar-refractivity contribution is -0.119. The number of nitrogens with zero attached hydrogens (tertiary/aromatic N) is 4. The van der Waals surface area contributed by atoms with Gasteiger partial charge in [-0.2, -0.15) is 0 Å². The van der Waals surface area contributed by atoms with Gasteiger partial charge >= 0.3 is 0 Å². The van der Waals surface area contributed by atoms with Crippen molar-refractivity contribution < 1.29 is 4.79 Å². The average Bonchev–Trinajstić information content (AvgIpc) is 2.56. The van der Waals surface area contributed by atoms with Crippen LogP contribution in [0.3, 0.4) is 0 Å². The Morgan fingerprint density at radius 1 is 1.50 bits per heavy atom. The topological polar surface area (TPSA) is 60.7 Å². The highest BCUT2D eigenvalue weighted by molar-refractivity contribution is 8.00. The summed E-state index contributed by atoms with van der Waals surface area (Å²) in [5, 5.41) is 11.9. The fourth-order valence-corrected chi connectivity index (χ4v) is 2.58. The molecule has 0 aromatic carbocycles. The second kappa shape index (κ2) is 4.08. The Morgan fingerprint density at radius 2 is 2.36 bits per heavy atom. The van der Waals surface area contributed by atoms with E-state index in [1.165, 1.54) is 11.8 Å². The highest BCUT2D eigenvalue weighted by atomic mass is 32.2. The summed E-state index contributed by atoms with van der Waals surface area (Å²) in [5.74, 6) is 0.337. The van der Waals surface area contributed by atoms with Gasteiger partial charge in [0.1, 0.15) is 5.78 Å². The van der Waals surface area contributed by atoms with E-state index < -0.39 is 0 Å². The van der Waals surface area contributed by atoms with E-state index in [0.29, 0.717) is 12.2 Å². The van der Waals surface area contributed by atoms with Gasteiger partial charge in [0.15, 0.2) is 0 Å². The highest BCUT2D eigenvalue weighted by Crippen LogP contribution is 2.29. The van der Waals surface area contributed by atoms with Gasteiger partial charge in [-0.15, -0.1) is 5.10 Å². The molecule has 1 unspecified atom stereocenters. The maximum Gasteiger partial charge on any atom is 0.209 e. The highest BCUT2D eigenvalue weighted by Gasteiger charge is 2.24. The summed E-state index contributed by atoms with van der Waals surface area (Å²) in [6.07, 6.45) is 3.83. The summed E-state index contributed by atoms with van der Waals surface area (Å²) < 4.78 is 1.60. The summed E-state index contributed by atoms with van der Waals surface area (Å²) in [6.45, 7) is 0. The molecule has 1 heterocycles. The minimum atomic E-state index is 0.0634. The van der Waals surface area contributed by atoms with Crippen molar-refractivity contribution in [1.82, 2.24) is 20.2 Å². The molecule has 14 heavy (non-hydrogen) atoms. The summed E-state index contributed by atoms with van der Waals surface area (Å²) in [4.78, 5) is 11.5. The second-order valence-corrected chi connectivity index (χ2v) is 4.57. The molecule has 0 amide bonds. The Hall–Kier alpha value is -0.910. The van der Waals surface area contributed by atoms with E-state index in [2.05, 4.69) is 15.5 Å². The predicted octanol–water partition coefficient (Wildman–Crippen LogP) is 0.814. The number of ketones is 1. The maximum atomic E-state index is 11.5. The minimum Gasteiger partial charge on any atom is -0.298 e. The monoisotopic (exact) mass is 212 g/mol. The van der Waals surface area contributed by atoms with Gasteiger partial charge in [0.2, 0.25) is 5.16 Å². The van der Waals surface area contributed by atoms with Crippen LogP contribution in [0.15, 0.2) is 5.16 Å². The van der Waals surface area contributed by atoms with Crippen LogP contribution in [-0.2, 0) is 11.8 Å². The number of hydrogen-bond donors (Lipinski definition) is 0. The predicted molar refractivity (Wildman–Crippen MR) is 51.9 cm³/mol. The Balaban J connectivity index is 2.03. The first-order valence-corrected chi connectivity index (χ1v) is 5.57. The van der Waals surface area contributed by atoms with Crippen molar-refractivity contribution in [2.45, 2.75) is 36.1 Å². The van der Waals surface area contributed by atoms with Gasteiger partial charge < -0.3 is 0 Å². The number of aromatic nitrogens is 4. The van der Waals surface area contributed by atoms with Crippen LogP contribution >= 0.6 is 11.8 Å². The largest absolute Gasteiger partial charge is 0.298 e. The van der Waals surface area contributed by atoms with Crippen LogP contribution in [0.2, 0.25) is 0 Å². The van der Waals surface area contributed by atoms with Crippen molar-refractivity contribution in [3.05, 3.63) is 0 Å². The average molecular weight is 212 g/mol. The molecule has 1 saturated carbocycles. The number of thioether (sulfide) groups is 1. The summed E-state index contributed by atoms with van der Waals surface area (Å²) >= 11 is 1.48. The first kappa shape index (κ1) is 9.64. The molecule has 1 aromatic heterocycles. The van der Waals surface area contributed by atoms with Crippen molar-refractivity contribution in [2.75, 3.05) is 0 Å². The number of carbonyl (C=O) groups excluding carboxylic acids is 1. The number of aryl methyl sites for hydroxylation is 1. The molecule has 5 nitrogen and oxygen atoms in total. The normalized spacial score (nSPS) is 22.6. The van der Waals surface area contributed by atoms with E-state index in [9.17, 15) is 4.79 Å². The van der Waals surface area contributed by atoms with Gasteiger partial charge in [0.05, 0.1) is 5.25 Å². The SMILES string of the molecule is Cn1nnnc1SC1CCCCC1=O. The molecule has 0 N–H and O–H groups in total. The molecule has 6 heteroatoms. The number of hydrogen-bond acceptors (Lipinski definition) is 5. The van der Waals surface area contributed by atoms with Crippen molar-refractivity contribution in [1.29, 1.82) is 0 Å². The summed E-state index contributed by atoms with van der Waals surface area (Å²) in [7, 11) is 1.79. The van der Waals surface area contributed by atoms with Crippen molar-refractivity contribution in [3.8, 4) is 0 Å². The van der Waals surface area contributed by atoms with Gasteiger partial charge in [-0.05, 0) is 23.3 Å². The molecular weight excluding hydrogens is 200 g/mol. The van der Waals surface area contributed by atoms with Crippen LogP contribution in [0.25, 0.3) is 0 Å². The molecule has 76 valence electrons. The Morgan fingerprint density at radius 3 is 3.00 bits per heavy atom. The molecular formula is C8H12N4OS. The standard InChI is InChI=1S/C8H12N4OS/c1-12-8(9-10-11-12)14-7-5-3-2-4-6(7)13/h7H,2-5H2,1H3. The lowest BCUT2D eigenvalue weighted by atomic mass is 9.99. The van der Waals surface area contributed by atoms with E-state index in [0.717, 1.165) is 24.4 Å². The molecule has 1 aliphatic rings. The van der Waals surface area contributed by atoms with Gasteiger partial charge in [0.25, 0.3) is 0 Å². The van der Waals surface area contributed by atoms with Gasteiger partial charge in [0, 0.05) is 13.5 Å². The minimum absolute atomic E-state index is 0.0634. The number of rotatable bonds is 2. The molecule has 1 aromatic rings. The van der Waals surface area contributed by atoms with Crippen LogP contribution in [0.1, 0.15) is 25.7 Å². The Bertz CT molecular complexity index is 338. The van der Waals surface area contributed by atoms with Crippen LogP contribution in [-0.4, -0.2) is 31.2 Å². The Kier molecular flexibility index (Phi) is 2.81. The maximum absolute atomic E-state index is 11.5. The van der Waals surface area contributed by atoms with Gasteiger partial charge in [-0.3, -0.25) is 4.79 Å². The third kappa shape index (κ3) is 1.95. The van der Waals surface area contributed by atoms with Crippen molar-refractivity contribution >= 4 is 17.5 Å². The summed E-state index contributed by atoms with van der Waals surface area (Å²) in [5.41, 5.74) is 0. The molecule has 0 radical (unpaired) electrons. The second-order valence-electron chi connectivity index (χ2n) is 3.40. The summed E-state index contributed by atoms with van der Waals surface area (Å²) in [6, 6.07) is 0. The first-order chi connectivity index (χ1) is 6.77. The third-order valence-electron chi connectivity index (χ3n) is 2.33. The van der Waals surface area contributed by atoms with Crippen LogP contribution in [0.4, 0.5) is 0 Å². The van der Waals surface area contributed by atoms with Gasteiger partial charge in [-0.25, -0.2) is 4.68 Å². The Labute approximate surface area is 86.2 Å². The molecule has 2 rings (SSSR count). The molecule has 1 atom stereocenters. The lowest BCUT2D eigenvalue weighted by Crippen LogP contribution is -2.21.